The maximum atomic E-state index is 13.6. The minimum Gasteiger partial charge on any atom is -0.481 e. The van der Waals surface area contributed by atoms with E-state index in [1.54, 1.807) is 0 Å². The summed E-state index contributed by atoms with van der Waals surface area (Å²) in [5.41, 5.74) is -1.21. The van der Waals surface area contributed by atoms with Gasteiger partial charge in [0.25, 0.3) is 0 Å². The molecular formula is C11H10ClFO3. The fourth-order valence-corrected chi connectivity index (χ4v) is 2.29. The van der Waals surface area contributed by atoms with E-state index in [1.807, 2.05) is 0 Å². The Balaban J connectivity index is 2.45. The number of carbonyl (C=O) groups is 1. The lowest BCUT2D eigenvalue weighted by Crippen LogP contribution is -2.51. The first kappa shape index (κ1) is 11.4. The van der Waals surface area contributed by atoms with Gasteiger partial charge in [0.15, 0.2) is 0 Å². The molecule has 2 N–H and O–H groups in total. The normalized spacial score (nSPS) is 28.6. The van der Waals surface area contributed by atoms with Crippen molar-refractivity contribution in [3.05, 3.63) is 34.6 Å². The number of carboxylic acids is 1. The first-order valence-corrected chi connectivity index (χ1v) is 5.20. The molecule has 0 spiro atoms. The van der Waals surface area contributed by atoms with Gasteiger partial charge in [0, 0.05) is 10.6 Å². The molecule has 1 fully saturated rings. The van der Waals surface area contributed by atoms with Crippen LogP contribution in [0.1, 0.15) is 18.4 Å². The number of benzene rings is 1. The van der Waals surface area contributed by atoms with E-state index in [4.69, 9.17) is 16.7 Å². The molecule has 1 aliphatic rings. The fourth-order valence-electron chi connectivity index (χ4n) is 2.13. The molecule has 5 heteroatoms. The summed E-state index contributed by atoms with van der Waals surface area (Å²) in [5, 5.41) is 18.6. The molecule has 1 aliphatic carbocycles. The zero-order chi connectivity index (χ0) is 11.9. The number of carboxylic acid groups (broad SMARTS) is 1. The Bertz CT molecular complexity index is 441. The number of aliphatic hydroxyl groups excluding tert-OH is 1. The lowest BCUT2D eigenvalue weighted by molar-refractivity contribution is -0.153. The summed E-state index contributed by atoms with van der Waals surface area (Å²) in [6.07, 6.45) is -0.590. The third-order valence-corrected chi connectivity index (χ3v) is 3.26. The molecule has 0 aliphatic heterocycles. The van der Waals surface area contributed by atoms with Crippen molar-refractivity contribution in [3.8, 4) is 0 Å². The minimum atomic E-state index is -1.30. The molecule has 0 atom stereocenters. The molecule has 1 saturated carbocycles. The Hall–Kier alpha value is -1.13. The molecule has 0 heterocycles. The van der Waals surface area contributed by atoms with Crippen LogP contribution in [0.15, 0.2) is 18.2 Å². The van der Waals surface area contributed by atoms with E-state index in [9.17, 15) is 14.3 Å². The van der Waals surface area contributed by atoms with Gasteiger partial charge in [0.05, 0.1) is 6.10 Å². The largest absolute Gasteiger partial charge is 0.481 e. The van der Waals surface area contributed by atoms with Crippen LogP contribution in [0.25, 0.3) is 0 Å². The second-order valence-corrected chi connectivity index (χ2v) is 4.51. The number of halogens is 2. The maximum Gasteiger partial charge on any atom is 0.314 e. The number of rotatable bonds is 2. The van der Waals surface area contributed by atoms with E-state index in [0.717, 1.165) is 6.07 Å². The number of hydrogen-bond acceptors (Lipinski definition) is 2. The van der Waals surface area contributed by atoms with E-state index >= 15 is 0 Å². The Morgan fingerprint density at radius 3 is 2.56 bits per heavy atom. The first-order chi connectivity index (χ1) is 7.45. The van der Waals surface area contributed by atoms with Gasteiger partial charge in [-0.15, -0.1) is 0 Å². The van der Waals surface area contributed by atoms with Gasteiger partial charge in [-0.1, -0.05) is 17.7 Å². The predicted octanol–water partition coefficient (Wildman–Crippen LogP) is 1.96. The number of aliphatic carboxylic acids is 1. The summed E-state index contributed by atoms with van der Waals surface area (Å²) >= 11 is 5.60. The molecule has 86 valence electrons. The zero-order valence-corrected chi connectivity index (χ0v) is 9.04. The maximum absolute atomic E-state index is 13.6. The van der Waals surface area contributed by atoms with Crippen LogP contribution in [0.5, 0.6) is 0 Å². The van der Waals surface area contributed by atoms with Crippen molar-refractivity contribution < 1.29 is 19.4 Å². The van der Waals surface area contributed by atoms with E-state index in [2.05, 4.69) is 0 Å². The van der Waals surface area contributed by atoms with E-state index in [-0.39, 0.29) is 23.4 Å². The molecule has 0 radical (unpaired) electrons. The third-order valence-electron chi connectivity index (χ3n) is 3.02. The fraction of sp³-hybridized carbons (Fsp3) is 0.364. The quantitative estimate of drug-likeness (QED) is 0.836. The molecule has 1 aromatic rings. The molecule has 3 nitrogen and oxygen atoms in total. The molecule has 0 unspecified atom stereocenters. The summed E-state index contributed by atoms with van der Waals surface area (Å²) in [5.74, 6) is -1.75. The predicted molar refractivity (Wildman–Crippen MR) is 56.0 cm³/mol. The highest BCUT2D eigenvalue weighted by atomic mass is 35.5. The van der Waals surface area contributed by atoms with Gasteiger partial charge < -0.3 is 10.2 Å². The van der Waals surface area contributed by atoms with Crippen molar-refractivity contribution in [1.82, 2.24) is 0 Å². The smallest absolute Gasteiger partial charge is 0.314 e. The van der Waals surface area contributed by atoms with Crippen LogP contribution in [0.3, 0.4) is 0 Å². The second-order valence-electron chi connectivity index (χ2n) is 4.07. The summed E-state index contributed by atoms with van der Waals surface area (Å²) in [4.78, 5) is 11.2. The van der Waals surface area contributed by atoms with Crippen molar-refractivity contribution in [3.63, 3.8) is 0 Å². The van der Waals surface area contributed by atoms with Crippen molar-refractivity contribution in [2.75, 3.05) is 0 Å². The topological polar surface area (TPSA) is 57.5 Å². The molecule has 2 rings (SSSR count). The van der Waals surface area contributed by atoms with Crippen LogP contribution in [0.2, 0.25) is 5.02 Å². The Kier molecular flexibility index (Phi) is 2.64. The van der Waals surface area contributed by atoms with Crippen molar-refractivity contribution in [1.29, 1.82) is 0 Å². The monoisotopic (exact) mass is 244 g/mol. The van der Waals surface area contributed by atoms with Crippen molar-refractivity contribution in [2.24, 2.45) is 0 Å². The van der Waals surface area contributed by atoms with Crippen LogP contribution in [0.4, 0.5) is 4.39 Å². The van der Waals surface area contributed by atoms with Crippen LogP contribution >= 0.6 is 11.6 Å². The Morgan fingerprint density at radius 1 is 1.50 bits per heavy atom. The highest BCUT2D eigenvalue weighted by Gasteiger charge is 2.52. The lowest BCUT2D eigenvalue weighted by Gasteiger charge is -2.42. The highest BCUT2D eigenvalue weighted by Crippen LogP contribution is 2.45. The van der Waals surface area contributed by atoms with Gasteiger partial charge in [-0.3, -0.25) is 4.79 Å². The van der Waals surface area contributed by atoms with Crippen LogP contribution < -0.4 is 0 Å². The SMILES string of the molecule is O=C(O)[C@]1(c2ccc(Cl)cc2F)C[C@H](O)C1. The van der Waals surface area contributed by atoms with Crippen LogP contribution in [0, 0.1) is 5.82 Å². The molecular weight excluding hydrogens is 235 g/mol. The van der Waals surface area contributed by atoms with E-state index in [1.165, 1.54) is 12.1 Å². The summed E-state index contributed by atoms with van der Waals surface area (Å²) < 4.78 is 13.6. The molecule has 0 amide bonds. The van der Waals surface area contributed by atoms with E-state index < -0.39 is 23.3 Å². The van der Waals surface area contributed by atoms with E-state index in [0.29, 0.717) is 0 Å². The number of aliphatic hydroxyl groups is 1. The Morgan fingerprint density at radius 2 is 2.12 bits per heavy atom. The molecule has 0 aromatic heterocycles. The van der Waals surface area contributed by atoms with Gasteiger partial charge in [0.2, 0.25) is 0 Å². The average molecular weight is 245 g/mol. The Labute approximate surface area is 96.5 Å². The van der Waals surface area contributed by atoms with Gasteiger partial charge in [0.1, 0.15) is 11.2 Å². The molecule has 16 heavy (non-hydrogen) atoms. The number of hydrogen-bond donors (Lipinski definition) is 2. The van der Waals surface area contributed by atoms with Crippen molar-refractivity contribution >= 4 is 17.6 Å². The van der Waals surface area contributed by atoms with Crippen molar-refractivity contribution in [2.45, 2.75) is 24.4 Å². The minimum absolute atomic E-state index is 0.0425. The summed E-state index contributed by atoms with van der Waals surface area (Å²) in [7, 11) is 0. The zero-order valence-electron chi connectivity index (χ0n) is 8.28. The van der Waals surface area contributed by atoms with Crippen LogP contribution in [-0.2, 0) is 10.2 Å². The molecule has 0 saturated heterocycles. The summed E-state index contributed by atoms with van der Waals surface area (Å²) in [6, 6.07) is 3.92. The molecule has 1 aromatic carbocycles. The van der Waals surface area contributed by atoms with Gasteiger partial charge in [-0.2, -0.15) is 0 Å². The van der Waals surface area contributed by atoms with Crippen LogP contribution in [-0.4, -0.2) is 22.3 Å². The lowest BCUT2D eigenvalue weighted by atomic mass is 9.62. The standard InChI is InChI=1S/C11H10ClFO3/c12-6-1-2-8(9(13)3-6)11(10(15)16)4-7(14)5-11/h1-3,7,14H,4-5H2,(H,15,16)/t7-,11+. The second kappa shape index (κ2) is 3.71. The average Bonchev–Trinajstić information content (AvgIpc) is 2.12. The highest BCUT2D eigenvalue weighted by molar-refractivity contribution is 6.30. The summed E-state index contributed by atoms with van der Waals surface area (Å²) in [6.45, 7) is 0. The van der Waals surface area contributed by atoms with Gasteiger partial charge in [-0.25, -0.2) is 4.39 Å². The van der Waals surface area contributed by atoms with Gasteiger partial charge in [-0.05, 0) is 25.0 Å². The van der Waals surface area contributed by atoms with Gasteiger partial charge >= 0.3 is 5.97 Å². The first-order valence-electron chi connectivity index (χ1n) is 4.83. The third kappa shape index (κ3) is 1.58. The molecule has 0 bridgehead atoms.